The lowest BCUT2D eigenvalue weighted by atomic mass is 10.1. The van der Waals surface area contributed by atoms with Crippen molar-refractivity contribution < 1.29 is 4.79 Å². The maximum atomic E-state index is 12.4. The van der Waals surface area contributed by atoms with Gasteiger partial charge in [-0.05, 0) is 20.3 Å². The van der Waals surface area contributed by atoms with E-state index in [1.54, 1.807) is 10.9 Å². The number of Topliss-reactive ketones (excluding diaryl/α,β-unsaturated/α-hetero) is 1. The highest BCUT2D eigenvalue weighted by molar-refractivity contribution is 5.99. The van der Waals surface area contributed by atoms with E-state index in [1.165, 1.54) is 0 Å². The Morgan fingerprint density at radius 3 is 2.68 bits per heavy atom. The zero-order valence-corrected chi connectivity index (χ0v) is 12.0. The summed E-state index contributed by atoms with van der Waals surface area (Å²) >= 11 is 0. The van der Waals surface area contributed by atoms with E-state index in [0.717, 1.165) is 35.7 Å². The molecule has 0 aromatic carbocycles. The summed E-state index contributed by atoms with van der Waals surface area (Å²) < 4.78 is 3.79. The third-order valence-corrected chi connectivity index (χ3v) is 3.37. The van der Waals surface area contributed by atoms with Gasteiger partial charge in [0.25, 0.3) is 0 Å². The topological polar surface area (TPSA) is 52.7 Å². The van der Waals surface area contributed by atoms with Crippen LogP contribution >= 0.6 is 0 Å². The minimum absolute atomic E-state index is 0.0895. The summed E-state index contributed by atoms with van der Waals surface area (Å²) in [5.74, 6) is 0.918. The number of carbonyl (C=O) groups excluding carboxylic acids is 1. The maximum Gasteiger partial charge on any atom is 0.174 e. The molecule has 102 valence electrons. The highest BCUT2D eigenvalue weighted by Gasteiger charge is 2.19. The standard InChI is InChI=1S/C14H20N4O/c1-5-7-18-8-6-15-13(18)9-12(19)14-10(2)16-17(4)11(14)3/h6,8H,5,7,9H2,1-4H3. The van der Waals surface area contributed by atoms with Crippen LogP contribution in [-0.2, 0) is 20.0 Å². The van der Waals surface area contributed by atoms with E-state index < -0.39 is 0 Å². The maximum absolute atomic E-state index is 12.4. The Balaban J connectivity index is 2.23. The molecule has 2 heterocycles. The van der Waals surface area contributed by atoms with Crippen molar-refractivity contribution in [3.63, 3.8) is 0 Å². The smallest absolute Gasteiger partial charge is 0.174 e. The number of aromatic nitrogens is 4. The van der Waals surface area contributed by atoms with E-state index in [9.17, 15) is 4.79 Å². The predicted molar refractivity (Wildman–Crippen MR) is 73.2 cm³/mol. The van der Waals surface area contributed by atoms with E-state index in [-0.39, 0.29) is 5.78 Å². The number of rotatable bonds is 5. The van der Waals surface area contributed by atoms with Crippen molar-refractivity contribution in [2.75, 3.05) is 0 Å². The van der Waals surface area contributed by atoms with Crippen LogP contribution in [0, 0.1) is 13.8 Å². The van der Waals surface area contributed by atoms with Gasteiger partial charge < -0.3 is 4.57 Å². The number of ketones is 1. The molecule has 0 unspecified atom stereocenters. The van der Waals surface area contributed by atoms with E-state index in [0.29, 0.717) is 6.42 Å². The molecule has 0 spiro atoms. The molecule has 19 heavy (non-hydrogen) atoms. The SMILES string of the molecule is CCCn1ccnc1CC(=O)c1c(C)nn(C)c1C. The molecule has 0 N–H and O–H groups in total. The van der Waals surface area contributed by atoms with Crippen LogP contribution in [0.3, 0.4) is 0 Å². The number of hydrogen-bond donors (Lipinski definition) is 0. The fraction of sp³-hybridized carbons (Fsp3) is 0.500. The summed E-state index contributed by atoms with van der Waals surface area (Å²) in [4.78, 5) is 16.7. The molecular weight excluding hydrogens is 240 g/mol. The first-order valence-corrected chi connectivity index (χ1v) is 6.58. The predicted octanol–water partition coefficient (Wildman–Crippen LogP) is 2.07. The van der Waals surface area contributed by atoms with Gasteiger partial charge in [-0.15, -0.1) is 0 Å². The second-order valence-electron chi connectivity index (χ2n) is 4.81. The summed E-state index contributed by atoms with van der Waals surface area (Å²) in [7, 11) is 1.86. The van der Waals surface area contributed by atoms with E-state index in [1.807, 2.05) is 31.7 Å². The lowest BCUT2D eigenvalue weighted by Gasteiger charge is -2.06. The van der Waals surface area contributed by atoms with Crippen molar-refractivity contribution in [2.45, 2.75) is 40.2 Å². The van der Waals surface area contributed by atoms with Crippen LogP contribution in [0.4, 0.5) is 0 Å². The molecule has 5 nitrogen and oxygen atoms in total. The van der Waals surface area contributed by atoms with Gasteiger partial charge in [-0.1, -0.05) is 6.92 Å². The minimum atomic E-state index is 0.0895. The second-order valence-corrected chi connectivity index (χ2v) is 4.81. The van der Waals surface area contributed by atoms with Crippen molar-refractivity contribution in [2.24, 2.45) is 7.05 Å². The van der Waals surface area contributed by atoms with E-state index >= 15 is 0 Å². The fourth-order valence-corrected chi connectivity index (χ4v) is 2.36. The summed E-state index contributed by atoms with van der Waals surface area (Å²) in [5.41, 5.74) is 2.43. The van der Waals surface area contributed by atoms with Crippen LogP contribution in [0.1, 0.15) is 40.9 Å². The Bertz CT molecular complexity index is 595. The molecule has 0 atom stereocenters. The van der Waals surface area contributed by atoms with Gasteiger partial charge in [-0.2, -0.15) is 5.10 Å². The third-order valence-electron chi connectivity index (χ3n) is 3.37. The van der Waals surface area contributed by atoms with Crippen LogP contribution < -0.4 is 0 Å². The number of imidazole rings is 1. The van der Waals surface area contributed by atoms with E-state index in [4.69, 9.17) is 0 Å². The fourth-order valence-electron chi connectivity index (χ4n) is 2.36. The average Bonchev–Trinajstić information content (AvgIpc) is 2.86. The van der Waals surface area contributed by atoms with Gasteiger partial charge in [0.1, 0.15) is 5.82 Å². The molecule has 0 amide bonds. The summed E-state index contributed by atoms with van der Waals surface area (Å²) in [5, 5.41) is 4.29. The van der Waals surface area contributed by atoms with E-state index in [2.05, 4.69) is 17.0 Å². The number of nitrogens with zero attached hydrogens (tertiary/aromatic N) is 4. The Labute approximate surface area is 113 Å². The van der Waals surface area contributed by atoms with Gasteiger partial charge in [0, 0.05) is 31.7 Å². The van der Waals surface area contributed by atoms with Crippen LogP contribution in [0.15, 0.2) is 12.4 Å². The van der Waals surface area contributed by atoms with Crippen LogP contribution in [-0.4, -0.2) is 25.1 Å². The lowest BCUT2D eigenvalue weighted by Crippen LogP contribution is -2.12. The molecule has 0 aliphatic rings. The molecule has 0 saturated heterocycles. The quantitative estimate of drug-likeness (QED) is 0.773. The molecular formula is C14H20N4O. The van der Waals surface area contributed by atoms with Crippen molar-refractivity contribution >= 4 is 5.78 Å². The first-order chi connectivity index (χ1) is 9.04. The third kappa shape index (κ3) is 2.59. The Morgan fingerprint density at radius 2 is 2.11 bits per heavy atom. The molecule has 0 aliphatic heterocycles. The largest absolute Gasteiger partial charge is 0.335 e. The van der Waals surface area contributed by atoms with Gasteiger partial charge in [0.15, 0.2) is 5.78 Å². The second kappa shape index (κ2) is 5.38. The Kier molecular flexibility index (Phi) is 3.83. The van der Waals surface area contributed by atoms with Crippen LogP contribution in [0.5, 0.6) is 0 Å². The molecule has 0 saturated carbocycles. The van der Waals surface area contributed by atoms with Gasteiger partial charge in [0.2, 0.25) is 0 Å². The number of carbonyl (C=O) groups is 1. The molecule has 0 bridgehead atoms. The summed E-state index contributed by atoms with van der Waals surface area (Å²) in [6, 6.07) is 0. The summed E-state index contributed by atoms with van der Waals surface area (Å²) in [6.45, 7) is 6.80. The average molecular weight is 260 g/mol. The molecule has 0 fully saturated rings. The Hall–Kier alpha value is -1.91. The monoisotopic (exact) mass is 260 g/mol. The molecule has 2 aromatic heterocycles. The molecule has 2 rings (SSSR count). The first-order valence-electron chi connectivity index (χ1n) is 6.58. The molecule has 0 aliphatic carbocycles. The van der Waals surface area contributed by atoms with Gasteiger partial charge in [-0.3, -0.25) is 9.48 Å². The first kappa shape index (κ1) is 13.5. The van der Waals surface area contributed by atoms with Crippen molar-refractivity contribution in [1.82, 2.24) is 19.3 Å². The Morgan fingerprint density at radius 1 is 1.37 bits per heavy atom. The number of hydrogen-bond acceptors (Lipinski definition) is 3. The highest BCUT2D eigenvalue weighted by atomic mass is 16.1. The van der Waals surface area contributed by atoms with Crippen molar-refractivity contribution in [1.29, 1.82) is 0 Å². The zero-order valence-electron chi connectivity index (χ0n) is 12.0. The normalized spacial score (nSPS) is 10.9. The minimum Gasteiger partial charge on any atom is -0.335 e. The van der Waals surface area contributed by atoms with Gasteiger partial charge >= 0.3 is 0 Å². The highest BCUT2D eigenvalue weighted by Crippen LogP contribution is 2.15. The molecule has 0 radical (unpaired) electrons. The summed E-state index contributed by atoms with van der Waals surface area (Å²) in [6.07, 6.45) is 5.04. The van der Waals surface area contributed by atoms with Gasteiger partial charge in [0.05, 0.1) is 17.7 Å². The zero-order chi connectivity index (χ0) is 14.0. The van der Waals surface area contributed by atoms with Crippen LogP contribution in [0.2, 0.25) is 0 Å². The van der Waals surface area contributed by atoms with Crippen molar-refractivity contribution in [3.8, 4) is 0 Å². The van der Waals surface area contributed by atoms with Crippen LogP contribution in [0.25, 0.3) is 0 Å². The molecule has 5 heteroatoms. The van der Waals surface area contributed by atoms with Gasteiger partial charge in [-0.25, -0.2) is 4.98 Å². The lowest BCUT2D eigenvalue weighted by molar-refractivity contribution is 0.0988. The number of aryl methyl sites for hydroxylation is 3. The van der Waals surface area contributed by atoms with Crippen molar-refractivity contribution in [3.05, 3.63) is 35.2 Å². The molecule has 2 aromatic rings.